The number of ether oxygens (including phenoxy) is 1. The molecule has 134 valence electrons. The van der Waals surface area contributed by atoms with Crippen LogP contribution in [-0.4, -0.2) is 17.3 Å². The monoisotopic (exact) mass is 362 g/mol. The lowest BCUT2D eigenvalue weighted by Gasteiger charge is -2.08. The summed E-state index contributed by atoms with van der Waals surface area (Å²) in [5.41, 5.74) is -1.18. The van der Waals surface area contributed by atoms with Crippen LogP contribution in [0.15, 0.2) is 63.6 Å². The van der Waals surface area contributed by atoms with Crippen LogP contribution in [0.1, 0.15) is 5.56 Å². The second-order valence-electron chi connectivity index (χ2n) is 5.25. The number of aromatic nitrogens is 2. The van der Waals surface area contributed by atoms with E-state index in [0.717, 1.165) is 6.07 Å². The number of rotatable bonds is 4. The Kier molecular flexibility index (Phi) is 4.61. The molecule has 0 aliphatic carbocycles. The summed E-state index contributed by atoms with van der Waals surface area (Å²) >= 11 is 0. The normalized spacial score (nSPS) is 11.8. The van der Waals surface area contributed by atoms with Gasteiger partial charge in [-0.1, -0.05) is 24.3 Å². The molecule has 2 aromatic carbocycles. The molecule has 3 aromatic rings. The first kappa shape index (κ1) is 17.5. The Morgan fingerprint density at radius 2 is 1.77 bits per heavy atom. The molecule has 2 N–H and O–H groups in total. The van der Waals surface area contributed by atoms with Crippen molar-refractivity contribution in [1.29, 1.82) is 0 Å². The number of alkyl halides is 3. The highest BCUT2D eigenvalue weighted by Crippen LogP contribution is 2.37. The first-order valence-electron chi connectivity index (χ1n) is 7.43. The van der Waals surface area contributed by atoms with Crippen molar-refractivity contribution < 1.29 is 17.9 Å². The van der Waals surface area contributed by atoms with Crippen LogP contribution in [0.4, 0.5) is 24.5 Å². The summed E-state index contributed by atoms with van der Waals surface area (Å²) in [5.74, 6) is 0.551. The molecule has 0 atom stereocenters. The number of hydrogen-bond acceptors (Lipinski definition) is 4. The molecule has 0 bridgehead atoms. The fraction of sp³-hybridized carbons (Fsp3) is 0.118. The Morgan fingerprint density at radius 3 is 2.50 bits per heavy atom. The second-order valence-corrected chi connectivity index (χ2v) is 5.25. The number of aromatic amines is 2. The molecule has 1 heterocycles. The number of benzene rings is 2. The molecule has 0 spiro atoms. The molecule has 0 unspecified atom stereocenters. The fourth-order valence-electron chi connectivity index (χ4n) is 2.34. The van der Waals surface area contributed by atoms with Crippen molar-refractivity contribution in [3.8, 4) is 17.0 Å². The first-order chi connectivity index (χ1) is 12.4. The molecule has 6 nitrogen and oxygen atoms in total. The summed E-state index contributed by atoms with van der Waals surface area (Å²) in [6.45, 7) is 0. The number of nitrogens with zero attached hydrogens (tertiary/aromatic N) is 2. The molecule has 0 amide bonds. The zero-order valence-electron chi connectivity index (χ0n) is 13.5. The van der Waals surface area contributed by atoms with Gasteiger partial charge >= 0.3 is 6.18 Å². The third-order valence-electron chi connectivity index (χ3n) is 3.58. The third kappa shape index (κ3) is 3.51. The van der Waals surface area contributed by atoms with Gasteiger partial charge in [0.2, 0.25) is 0 Å². The van der Waals surface area contributed by atoms with Crippen molar-refractivity contribution in [2.24, 2.45) is 10.2 Å². The van der Waals surface area contributed by atoms with Crippen LogP contribution in [0.2, 0.25) is 0 Å². The van der Waals surface area contributed by atoms with Gasteiger partial charge < -0.3 is 4.74 Å². The molecule has 9 heteroatoms. The summed E-state index contributed by atoms with van der Waals surface area (Å²) in [7, 11) is 1.49. The van der Waals surface area contributed by atoms with E-state index in [9.17, 15) is 18.0 Å². The third-order valence-corrected chi connectivity index (χ3v) is 3.58. The fourth-order valence-corrected chi connectivity index (χ4v) is 2.34. The highest BCUT2D eigenvalue weighted by molar-refractivity contribution is 5.72. The summed E-state index contributed by atoms with van der Waals surface area (Å²) < 4.78 is 44.2. The topological polar surface area (TPSA) is 82.6 Å². The second kappa shape index (κ2) is 6.87. The van der Waals surface area contributed by atoms with E-state index in [-0.39, 0.29) is 11.4 Å². The first-order valence-corrected chi connectivity index (χ1v) is 7.43. The molecule has 3 rings (SSSR count). The van der Waals surface area contributed by atoms with Gasteiger partial charge in [-0.15, -0.1) is 10.2 Å². The Morgan fingerprint density at radius 1 is 1.00 bits per heavy atom. The Balaban J connectivity index is 2.04. The van der Waals surface area contributed by atoms with E-state index in [1.54, 1.807) is 24.3 Å². The average Bonchev–Trinajstić information content (AvgIpc) is 3.00. The molecule has 0 saturated heterocycles. The minimum atomic E-state index is -4.57. The minimum absolute atomic E-state index is 0.129. The summed E-state index contributed by atoms with van der Waals surface area (Å²) in [6, 6.07) is 11.5. The van der Waals surface area contributed by atoms with Crippen LogP contribution < -0.4 is 10.3 Å². The van der Waals surface area contributed by atoms with Crippen LogP contribution >= 0.6 is 0 Å². The zero-order chi connectivity index (χ0) is 18.7. The standard InChI is InChI=1S/C17H13F3N4O2/c1-26-11-6-4-5-10(9-11)14-15(16(25)24-22-14)23-21-13-8-3-2-7-12(13)17(18,19)20/h2-9H,1H3,(H2,22,24,25). The van der Waals surface area contributed by atoms with Crippen molar-refractivity contribution in [3.63, 3.8) is 0 Å². The number of H-pyrrole nitrogens is 2. The van der Waals surface area contributed by atoms with Crippen LogP contribution in [0.25, 0.3) is 11.3 Å². The van der Waals surface area contributed by atoms with Gasteiger partial charge in [0.05, 0.1) is 24.1 Å². The van der Waals surface area contributed by atoms with E-state index >= 15 is 0 Å². The van der Waals surface area contributed by atoms with Crippen LogP contribution in [-0.2, 0) is 6.18 Å². The van der Waals surface area contributed by atoms with Gasteiger partial charge in [-0.2, -0.15) is 13.2 Å². The van der Waals surface area contributed by atoms with Crippen molar-refractivity contribution in [3.05, 3.63) is 64.4 Å². The lowest BCUT2D eigenvalue weighted by molar-refractivity contribution is -0.137. The van der Waals surface area contributed by atoms with Gasteiger partial charge in [-0.25, -0.2) is 0 Å². The molecular weight excluding hydrogens is 349 g/mol. The molecule has 0 fully saturated rings. The van der Waals surface area contributed by atoms with Gasteiger partial charge in [-0.05, 0) is 24.3 Å². The maximum Gasteiger partial charge on any atom is 0.418 e. The van der Waals surface area contributed by atoms with Gasteiger partial charge in [0.15, 0.2) is 5.69 Å². The summed E-state index contributed by atoms with van der Waals surface area (Å²) in [6.07, 6.45) is -4.57. The number of methoxy groups -OCH3 is 1. The van der Waals surface area contributed by atoms with Crippen LogP contribution in [0, 0.1) is 0 Å². The van der Waals surface area contributed by atoms with Crippen LogP contribution in [0.5, 0.6) is 5.75 Å². The van der Waals surface area contributed by atoms with Gasteiger partial charge in [0.25, 0.3) is 5.56 Å². The molecular formula is C17H13F3N4O2. The van der Waals surface area contributed by atoms with Crippen molar-refractivity contribution in [1.82, 2.24) is 10.2 Å². The molecule has 26 heavy (non-hydrogen) atoms. The van der Waals surface area contributed by atoms with E-state index in [0.29, 0.717) is 17.0 Å². The zero-order valence-corrected chi connectivity index (χ0v) is 13.5. The molecule has 0 radical (unpaired) electrons. The highest BCUT2D eigenvalue weighted by atomic mass is 19.4. The largest absolute Gasteiger partial charge is 0.497 e. The number of azo groups is 1. The number of hydrogen-bond donors (Lipinski definition) is 2. The lowest BCUT2D eigenvalue weighted by Crippen LogP contribution is -2.04. The van der Waals surface area contributed by atoms with E-state index in [1.807, 2.05) is 0 Å². The predicted molar refractivity (Wildman–Crippen MR) is 89.0 cm³/mol. The van der Waals surface area contributed by atoms with Gasteiger partial charge in [-0.3, -0.25) is 15.0 Å². The van der Waals surface area contributed by atoms with Gasteiger partial charge in [0, 0.05) is 5.56 Å². The number of halogens is 3. The quantitative estimate of drug-likeness (QED) is 0.653. The Labute approximate surface area is 145 Å². The van der Waals surface area contributed by atoms with E-state index in [2.05, 4.69) is 20.4 Å². The predicted octanol–water partition coefficient (Wildman–Crippen LogP) is 4.81. The number of nitrogens with one attached hydrogen (secondary N) is 2. The maximum atomic E-state index is 13.0. The average molecular weight is 362 g/mol. The molecule has 0 saturated carbocycles. The van der Waals surface area contributed by atoms with Crippen LogP contribution in [0.3, 0.4) is 0 Å². The van der Waals surface area contributed by atoms with Crippen molar-refractivity contribution in [2.75, 3.05) is 7.11 Å². The van der Waals surface area contributed by atoms with E-state index in [1.165, 1.54) is 25.3 Å². The molecule has 0 aliphatic rings. The Hall–Kier alpha value is -3.36. The Bertz CT molecular complexity index is 1010. The lowest BCUT2D eigenvalue weighted by atomic mass is 10.1. The molecule has 0 aliphatic heterocycles. The van der Waals surface area contributed by atoms with Gasteiger partial charge in [0.1, 0.15) is 5.75 Å². The van der Waals surface area contributed by atoms with Crippen molar-refractivity contribution >= 4 is 11.4 Å². The molecule has 1 aromatic heterocycles. The minimum Gasteiger partial charge on any atom is -0.497 e. The summed E-state index contributed by atoms with van der Waals surface area (Å²) in [5, 5.41) is 12.4. The van der Waals surface area contributed by atoms with Crippen molar-refractivity contribution in [2.45, 2.75) is 6.18 Å². The SMILES string of the molecule is COc1cccc(-c2[nH][nH]c(=O)c2N=Nc2ccccc2C(F)(F)F)c1. The van der Waals surface area contributed by atoms with E-state index in [4.69, 9.17) is 4.74 Å². The highest BCUT2D eigenvalue weighted by Gasteiger charge is 2.33. The maximum absolute atomic E-state index is 13.0. The summed E-state index contributed by atoms with van der Waals surface area (Å²) in [4.78, 5) is 12.0. The smallest absolute Gasteiger partial charge is 0.418 e. The van der Waals surface area contributed by atoms with E-state index < -0.39 is 17.3 Å².